The van der Waals surface area contributed by atoms with Crippen LogP contribution in [0, 0.1) is 6.92 Å². The van der Waals surface area contributed by atoms with E-state index in [-0.39, 0.29) is 17.7 Å². The van der Waals surface area contributed by atoms with Gasteiger partial charge in [0.15, 0.2) is 0 Å². The Balaban J connectivity index is 3.29. The van der Waals surface area contributed by atoms with Crippen LogP contribution in [-0.4, -0.2) is 41.9 Å². The van der Waals surface area contributed by atoms with Crippen molar-refractivity contribution < 1.29 is 13.7 Å². The Morgan fingerprint density at radius 3 is 2.62 bits per heavy atom. The van der Waals surface area contributed by atoms with E-state index in [1.807, 2.05) is 32.0 Å². The van der Waals surface area contributed by atoms with Gasteiger partial charge in [-0.05, 0) is 31.4 Å². The highest BCUT2D eigenvalue weighted by Gasteiger charge is 2.25. The molecule has 0 saturated carbocycles. The lowest BCUT2D eigenvalue weighted by Gasteiger charge is -2.32. The van der Waals surface area contributed by atoms with E-state index < -0.39 is 10.8 Å². The topological polar surface area (TPSA) is 46.6 Å². The highest BCUT2D eigenvalue weighted by molar-refractivity contribution is 7.85. The molecule has 0 aliphatic heterocycles. The first-order chi connectivity index (χ1) is 9.92. The van der Waals surface area contributed by atoms with E-state index in [0.717, 1.165) is 23.2 Å². The Bertz CT molecular complexity index is 516. The summed E-state index contributed by atoms with van der Waals surface area (Å²) in [6.07, 6.45) is 2.39. The van der Waals surface area contributed by atoms with E-state index in [0.29, 0.717) is 6.61 Å². The fourth-order valence-electron chi connectivity index (χ4n) is 2.50. The van der Waals surface area contributed by atoms with Gasteiger partial charge in [-0.25, -0.2) is 0 Å². The van der Waals surface area contributed by atoms with Crippen LogP contribution >= 0.6 is 0 Å². The smallest absolute Gasteiger partial charge is 0.239 e. The highest BCUT2D eigenvalue weighted by Crippen LogP contribution is 2.28. The van der Waals surface area contributed by atoms with Gasteiger partial charge in [0.25, 0.3) is 0 Å². The summed E-state index contributed by atoms with van der Waals surface area (Å²) in [5.41, 5.74) is 3.10. The van der Waals surface area contributed by atoms with Crippen LogP contribution < -0.4 is 4.90 Å². The lowest BCUT2D eigenvalue weighted by atomic mass is 10.0. The van der Waals surface area contributed by atoms with Crippen molar-refractivity contribution in [2.75, 3.05) is 30.6 Å². The Morgan fingerprint density at radius 2 is 2.10 bits per heavy atom. The van der Waals surface area contributed by atoms with Crippen LogP contribution in [0.25, 0.3) is 0 Å². The predicted molar refractivity (Wildman–Crippen MR) is 88.3 cm³/mol. The van der Waals surface area contributed by atoms with Gasteiger partial charge in [-0.2, -0.15) is 0 Å². The first kappa shape index (κ1) is 17.9. The van der Waals surface area contributed by atoms with Crippen molar-refractivity contribution in [2.45, 2.75) is 33.2 Å². The molecular weight excluding hydrogens is 286 g/mol. The molecule has 2 atom stereocenters. The summed E-state index contributed by atoms with van der Waals surface area (Å²) in [6.45, 7) is 6.46. The van der Waals surface area contributed by atoms with Gasteiger partial charge >= 0.3 is 0 Å². The Hall–Kier alpha value is -1.20. The van der Waals surface area contributed by atoms with Crippen LogP contribution in [0.4, 0.5) is 5.69 Å². The van der Waals surface area contributed by atoms with Crippen molar-refractivity contribution in [3.05, 3.63) is 29.3 Å². The number of nitrogens with zero attached hydrogens (tertiary/aromatic N) is 1. The van der Waals surface area contributed by atoms with E-state index in [4.69, 9.17) is 4.74 Å². The molecule has 1 aromatic carbocycles. The third-order valence-corrected chi connectivity index (χ3v) is 4.04. The van der Waals surface area contributed by atoms with Gasteiger partial charge in [0.2, 0.25) is 5.91 Å². The van der Waals surface area contributed by atoms with Crippen molar-refractivity contribution >= 4 is 22.4 Å². The zero-order chi connectivity index (χ0) is 16.0. The molecule has 0 aromatic heterocycles. The maximum atomic E-state index is 12.6. The second-order valence-electron chi connectivity index (χ2n) is 5.22. The number of rotatable bonds is 7. The van der Waals surface area contributed by atoms with Crippen LogP contribution in [0.1, 0.15) is 25.0 Å². The quantitative estimate of drug-likeness (QED) is 0.776. The Kier molecular flexibility index (Phi) is 7.05. The van der Waals surface area contributed by atoms with Gasteiger partial charge in [-0.1, -0.05) is 25.1 Å². The van der Waals surface area contributed by atoms with Gasteiger partial charge in [0.1, 0.15) is 5.75 Å². The number of carbonyl (C=O) groups excluding carboxylic acids is 1. The third kappa shape index (κ3) is 4.64. The fourth-order valence-corrected chi connectivity index (χ4v) is 2.99. The summed E-state index contributed by atoms with van der Waals surface area (Å²) in [7, 11) is 0.463. The SMILES string of the molecule is CCc1cccc(C)c1N(C(=O)CS(C)=O)C(C)COC. The minimum Gasteiger partial charge on any atom is -0.383 e. The Morgan fingerprint density at radius 1 is 1.43 bits per heavy atom. The number of hydrogen-bond acceptors (Lipinski definition) is 3. The molecule has 1 amide bonds. The molecule has 118 valence electrons. The van der Waals surface area contributed by atoms with Crippen molar-refractivity contribution in [1.82, 2.24) is 0 Å². The van der Waals surface area contributed by atoms with E-state index in [1.54, 1.807) is 18.3 Å². The molecule has 1 rings (SSSR count). The standard InChI is InChI=1S/C16H25NO3S/c1-6-14-9-7-8-12(2)16(14)17(13(3)10-20-4)15(18)11-21(5)19/h7-9,13H,6,10-11H2,1-5H3. The van der Waals surface area contributed by atoms with Gasteiger partial charge in [0, 0.05) is 24.2 Å². The average Bonchev–Trinajstić information content (AvgIpc) is 2.40. The maximum absolute atomic E-state index is 12.6. The van der Waals surface area contributed by atoms with Gasteiger partial charge in [-0.15, -0.1) is 0 Å². The molecule has 0 spiro atoms. The van der Waals surface area contributed by atoms with Crippen molar-refractivity contribution in [3.8, 4) is 0 Å². The summed E-state index contributed by atoms with van der Waals surface area (Å²) in [5.74, 6) is -0.0877. The largest absolute Gasteiger partial charge is 0.383 e. The minimum absolute atomic E-state index is 0.0333. The molecular formula is C16H25NO3S. The fraction of sp³-hybridized carbons (Fsp3) is 0.562. The molecule has 0 heterocycles. The van der Waals surface area contributed by atoms with E-state index in [1.165, 1.54) is 0 Å². The molecule has 0 saturated heterocycles. The maximum Gasteiger partial charge on any atom is 0.239 e. The summed E-state index contributed by atoms with van der Waals surface area (Å²) >= 11 is 0. The van der Waals surface area contributed by atoms with Gasteiger partial charge in [0.05, 0.1) is 18.3 Å². The van der Waals surface area contributed by atoms with Crippen LogP contribution in [0.3, 0.4) is 0 Å². The molecule has 0 bridgehead atoms. The molecule has 1 aromatic rings. The summed E-state index contributed by atoms with van der Waals surface area (Å²) in [5, 5.41) is 0. The molecule has 4 nitrogen and oxygen atoms in total. The summed E-state index contributed by atoms with van der Waals surface area (Å²) in [6, 6.07) is 5.93. The van der Waals surface area contributed by atoms with Crippen LogP contribution in [0.15, 0.2) is 18.2 Å². The first-order valence-corrected chi connectivity index (χ1v) is 8.84. The van der Waals surface area contributed by atoms with Crippen molar-refractivity contribution in [2.24, 2.45) is 0 Å². The van der Waals surface area contributed by atoms with Gasteiger partial charge in [-0.3, -0.25) is 9.00 Å². The molecule has 2 unspecified atom stereocenters. The number of carbonyl (C=O) groups is 1. The molecule has 0 N–H and O–H groups in total. The van der Waals surface area contributed by atoms with E-state index >= 15 is 0 Å². The van der Waals surface area contributed by atoms with E-state index in [2.05, 4.69) is 6.92 Å². The van der Waals surface area contributed by atoms with E-state index in [9.17, 15) is 9.00 Å². The second-order valence-corrected chi connectivity index (χ2v) is 6.66. The molecule has 0 fully saturated rings. The normalized spacial score (nSPS) is 13.8. The number of methoxy groups -OCH3 is 1. The number of amides is 1. The summed E-state index contributed by atoms with van der Waals surface area (Å²) in [4.78, 5) is 14.3. The molecule has 0 aliphatic carbocycles. The van der Waals surface area contributed by atoms with Crippen LogP contribution in [-0.2, 0) is 26.8 Å². The zero-order valence-electron chi connectivity index (χ0n) is 13.5. The molecule has 5 heteroatoms. The Labute approximate surface area is 129 Å². The molecule has 21 heavy (non-hydrogen) atoms. The van der Waals surface area contributed by atoms with Crippen LogP contribution in [0.5, 0.6) is 0 Å². The van der Waals surface area contributed by atoms with Gasteiger partial charge < -0.3 is 9.64 Å². The zero-order valence-corrected chi connectivity index (χ0v) is 14.3. The average molecular weight is 311 g/mol. The number of para-hydroxylation sites is 1. The number of hydrogen-bond donors (Lipinski definition) is 0. The lowest BCUT2D eigenvalue weighted by molar-refractivity contribution is -0.116. The van der Waals surface area contributed by atoms with Crippen molar-refractivity contribution in [3.63, 3.8) is 0 Å². The number of aryl methyl sites for hydroxylation is 2. The lowest BCUT2D eigenvalue weighted by Crippen LogP contribution is -2.44. The second kappa shape index (κ2) is 8.29. The summed E-state index contributed by atoms with van der Waals surface area (Å²) < 4.78 is 16.6. The predicted octanol–water partition coefficient (Wildman–Crippen LogP) is 2.30. The number of ether oxygens (including phenoxy) is 1. The third-order valence-electron chi connectivity index (χ3n) is 3.39. The number of anilines is 1. The monoisotopic (exact) mass is 311 g/mol. The first-order valence-electron chi connectivity index (χ1n) is 7.11. The minimum atomic E-state index is -1.16. The molecule has 0 radical (unpaired) electrons. The van der Waals surface area contributed by atoms with Crippen LogP contribution in [0.2, 0.25) is 0 Å². The highest BCUT2D eigenvalue weighted by atomic mass is 32.2. The van der Waals surface area contributed by atoms with Crippen molar-refractivity contribution in [1.29, 1.82) is 0 Å². The molecule has 0 aliphatic rings. The number of benzene rings is 1.